The van der Waals surface area contributed by atoms with Crippen molar-refractivity contribution in [1.82, 2.24) is 38.7 Å². The third-order valence-electron chi connectivity index (χ3n) is 9.97. The van der Waals surface area contributed by atoms with E-state index in [-0.39, 0.29) is 23.6 Å². The Morgan fingerprint density at radius 2 is 0.862 bits per heavy atom. The largest absolute Gasteiger partial charge is 0.397 e. The Morgan fingerprint density at radius 3 is 1.22 bits per heavy atom. The number of carbonyl (C=O) groups excluding carboxylic acids is 4. The van der Waals surface area contributed by atoms with E-state index in [1.807, 2.05) is 37.3 Å². The maximum atomic E-state index is 13.2. The first-order valence-electron chi connectivity index (χ1n) is 20.4. The Balaban J connectivity index is 1.12. The molecule has 4 heterocycles. The van der Waals surface area contributed by atoms with Crippen LogP contribution in [0.25, 0.3) is 0 Å². The molecule has 16 nitrogen and oxygen atoms in total. The van der Waals surface area contributed by atoms with Crippen LogP contribution < -0.4 is 32.7 Å². The molecule has 0 bridgehead atoms. The van der Waals surface area contributed by atoms with Gasteiger partial charge in [-0.1, -0.05) is 38.5 Å². The van der Waals surface area contributed by atoms with E-state index < -0.39 is 0 Å². The van der Waals surface area contributed by atoms with E-state index >= 15 is 0 Å². The summed E-state index contributed by atoms with van der Waals surface area (Å²) in [6.45, 7) is 4.29. The lowest BCUT2D eigenvalue weighted by Gasteiger charge is -2.10. The van der Waals surface area contributed by atoms with Gasteiger partial charge < -0.3 is 60.8 Å². The molecule has 4 rings (SSSR count). The zero-order valence-electron chi connectivity index (χ0n) is 35.4. The smallest absolute Gasteiger partial charge is 0.272 e. The average molecular weight is 803 g/mol. The van der Waals surface area contributed by atoms with Crippen molar-refractivity contribution in [2.24, 2.45) is 14.1 Å². The quantitative estimate of drug-likeness (QED) is 0.0514. The summed E-state index contributed by atoms with van der Waals surface area (Å²) in [6.07, 6.45) is 17.1. The van der Waals surface area contributed by atoms with Crippen molar-refractivity contribution in [2.45, 2.75) is 77.3 Å². The first kappa shape index (κ1) is 45.2. The molecule has 0 saturated carbocycles. The van der Waals surface area contributed by atoms with E-state index in [0.717, 1.165) is 77.3 Å². The third-order valence-corrected chi connectivity index (χ3v) is 9.97. The molecule has 0 atom stereocenters. The van der Waals surface area contributed by atoms with Crippen LogP contribution in [0.5, 0.6) is 0 Å². The van der Waals surface area contributed by atoms with Crippen molar-refractivity contribution in [3.8, 4) is 0 Å². The second-order valence-corrected chi connectivity index (χ2v) is 15.7. The number of hydrogen-bond acceptors (Lipinski definition) is 8. The van der Waals surface area contributed by atoms with Crippen molar-refractivity contribution >= 4 is 46.4 Å². The summed E-state index contributed by atoms with van der Waals surface area (Å²) in [5.41, 5.74) is 16.3. The number of aryl methyl sites for hydroxylation is 4. The van der Waals surface area contributed by atoms with Crippen molar-refractivity contribution in [3.63, 3.8) is 0 Å². The number of nitrogens with one attached hydrogen (secondary N) is 4. The van der Waals surface area contributed by atoms with Crippen LogP contribution in [0.2, 0.25) is 0 Å². The Bertz CT molecular complexity index is 1810. The minimum atomic E-state index is -0.270. The lowest BCUT2D eigenvalue weighted by Crippen LogP contribution is -2.28. The van der Waals surface area contributed by atoms with E-state index in [1.165, 1.54) is 0 Å². The number of carbonyl (C=O) groups is 4. The number of hydrogen-bond donors (Lipinski definition) is 6. The molecule has 58 heavy (non-hydrogen) atoms. The monoisotopic (exact) mass is 803 g/mol. The molecule has 318 valence electrons. The van der Waals surface area contributed by atoms with Crippen molar-refractivity contribution in [2.75, 3.05) is 76.5 Å². The Labute approximate surface area is 343 Å². The lowest BCUT2D eigenvalue weighted by atomic mass is 10.1. The van der Waals surface area contributed by atoms with Crippen LogP contribution in [0.1, 0.15) is 106 Å². The van der Waals surface area contributed by atoms with Gasteiger partial charge in [-0.05, 0) is 91.2 Å². The highest BCUT2D eigenvalue weighted by Crippen LogP contribution is 2.20. The van der Waals surface area contributed by atoms with Gasteiger partial charge in [-0.25, -0.2) is 0 Å². The van der Waals surface area contributed by atoms with Crippen molar-refractivity contribution in [3.05, 3.63) is 71.8 Å². The highest BCUT2D eigenvalue weighted by Gasteiger charge is 2.19. The van der Waals surface area contributed by atoms with Gasteiger partial charge in [0.15, 0.2) is 0 Å². The van der Waals surface area contributed by atoms with Crippen molar-refractivity contribution in [1.29, 1.82) is 0 Å². The first-order valence-corrected chi connectivity index (χ1v) is 20.4. The predicted octanol–water partition coefficient (Wildman–Crippen LogP) is 4.82. The van der Waals surface area contributed by atoms with Gasteiger partial charge in [0.1, 0.15) is 22.8 Å². The zero-order chi connectivity index (χ0) is 42.2. The van der Waals surface area contributed by atoms with Gasteiger partial charge in [0.05, 0.1) is 22.7 Å². The molecule has 4 amide bonds. The molecular weight excluding hydrogens is 737 g/mol. The lowest BCUT2D eigenvalue weighted by molar-refractivity contribution is 0.0936. The summed E-state index contributed by atoms with van der Waals surface area (Å²) in [4.78, 5) is 56.0. The molecule has 0 radical (unpaired) electrons. The maximum absolute atomic E-state index is 13.2. The maximum Gasteiger partial charge on any atom is 0.272 e. The van der Waals surface area contributed by atoms with Gasteiger partial charge in [-0.3, -0.25) is 19.2 Å². The number of unbranched alkanes of at least 4 members (excludes halogenated alkanes) is 7. The van der Waals surface area contributed by atoms with Crippen LogP contribution in [-0.2, 0) is 27.2 Å². The molecular formula is C42H66N12O4. The molecule has 0 aliphatic rings. The van der Waals surface area contributed by atoms with Crippen LogP contribution in [0.3, 0.4) is 0 Å². The predicted molar refractivity (Wildman–Crippen MR) is 232 cm³/mol. The van der Waals surface area contributed by atoms with Gasteiger partial charge in [0, 0.05) is 65.1 Å². The SMILES string of the molecule is CN(C)CCCNC(=O)c1cc(NC(=O)c2cc(N)cn2CCCCCCCCCCn2cc(N)cc2C(=O)Nc2cc(C(=O)NCCCN(C)C)n(C)c2)cn1C. The normalized spacial score (nSPS) is 11.4. The first-order chi connectivity index (χ1) is 27.7. The molecule has 0 spiro atoms. The molecule has 0 aliphatic carbocycles. The Hall–Kier alpha value is -5.48. The molecule has 0 aliphatic heterocycles. The summed E-state index contributed by atoms with van der Waals surface area (Å²) in [7, 11) is 11.6. The fourth-order valence-electron chi connectivity index (χ4n) is 6.93. The molecule has 4 aromatic rings. The van der Waals surface area contributed by atoms with E-state index in [4.69, 9.17) is 11.5 Å². The molecule has 16 heteroatoms. The van der Waals surface area contributed by atoms with E-state index in [9.17, 15) is 19.2 Å². The van der Waals surface area contributed by atoms with Gasteiger partial charge in [0.2, 0.25) is 0 Å². The molecule has 0 unspecified atom stereocenters. The number of nitrogens with zero attached hydrogens (tertiary/aromatic N) is 6. The number of amides is 4. The zero-order valence-corrected chi connectivity index (χ0v) is 35.4. The highest BCUT2D eigenvalue weighted by atomic mass is 16.2. The second-order valence-electron chi connectivity index (χ2n) is 15.7. The average Bonchev–Trinajstić information content (AvgIpc) is 3.93. The van der Waals surface area contributed by atoms with E-state index in [2.05, 4.69) is 31.1 Å². The number of nitrogens with two attached hydrogens (primary N) is 2. The minimum Gasteiger partial charge on any atom is -0.397 e. The summed E-state index contributed by atoms with van der Waals surface area (Å²) >= 11 is 0. The fourth-order valence-corrected chi connectivity index (χ4v) is 6.93. The minimum absolute atomic E-state index is 0.179. The topological polar surface area (TPSA) is 195 Å². The number of rotatable bonds is 25. The fraction of sp³-hybridized carbons (Fsp3) is 0.524. The van der Waals surface area contributed by atoms with Crippen LogP contribution in [-0.4, -0.2) is 106 Å². The summed E-state index contributed by atoms with van der Waals surface area (Å²) in [5, 5.41) is 11.7. The van der Waals surface area contributed by atoms with Gasteiger partial charge in [0.25, 0.3) is 23.6 Å². The molecule has 4 aromatic heterocycles. The highest BCUT2D eigenvalue weighted by molar-refractivity contribution is 6.05. The standard InChI is InChI=1S/C42H66N12O4/c1-49(2)19-15-17-45-39(55)35-25-33(29-51(35)5)47-41(57)37-23-31(43)27-53(37)21-13-11-9-7-8-10-12-14-22-54-28-32(44)24-38(54)42(58)48-34-26-36(52(6)30-34)40(56)46-18-16-20-50(3)4/h23-30H,7-22,43-44H2,1-6H3,(H,45,55)(H,46,56)(H,47,57)(H,48,58). The molecule has 0 aromatic carbocycles. The summed E-state index contributed by atoms with van der Waals surface area (Å²) in [5.74, 6) is -0.897. The second kappa shape index (κ2) is 22.5. The Morgan fingerprint density at radius 1 is 0.500 bits per heavy atom. The van der Waals surface area contributed by atoms with Crippen LogP contribution in [0, 0.1) is 0 Å². The van der Waals surface area contributed by atoms with E-state index in [0.29, 0.717) is 71.7 Å². The number of anilines is 4. The van der Waals surface area contributed by atoms with Gasteiger partial charge in [-0.2, -0.15) is 0 Å². The summed E-state index contributed by atoms with van der Waals surface area (Å²) < 4.78 is 7.22. The number of aromatic nitrogens is 4. The van der Waals surface area contributed by atoms with Crippen LogP contribution in [0.15, 0.2) is 49.1 Å². The van der Waals surface area contributed by atoms with Crippen molar-refractivity contribution < 1.29 is 19.2 Å². The van der Waals surface area contributed by atoms with E-state index in [1.54, 1.807) is 72.3 Å². The summed E-state index contributed by atoms with van der Waals surface area (Å²) in [6, 6.07) is 6.74. The van der Waals surface area contributed by atoms with Crippen LogP contribution in [0.4, 0.5) is 22.7 Å². The third kappa shape index (κ3) is 14.2. The molecule has 0 saturated heterocycles. The van der Waals surface area contributed by atoms with Gasteiger partial charge in [-0.15, -0.1) is 0 Å². The molecule has 0 fully saturated rings. The van der Waals surface area contributed by atoms with Gasteiger partial charge >= 0.3 is 0 Å². The van der Waals surface area contributed by atoms with Crippen LogP contribution >= 0.6 is 0 Å². The number of nitrogen functional groups attached to an aromatic ring is 2. The molecule has 8 N–H and O–H groups in total. The Kier molecular flexibility index (Phi) is 17.5.